The molecular formula is C27H32N4O3. The lowest BCUT2D eigenvalue weighted by atomic mass is 10.0. The summed E-state index contributed by atoms with van der Waals surface area (Å²) in [7, 11) is 1.65. The van der Waals surface area contributed by atoms with Crippen LogP contribution < -0.4 is 4.74 Å². The number of piperidine rings is 1. The normalized spacial score (nSPS) is 19.8. The van der Waals surface area contributed by atoms with Gasteiger partial charge in [0.1, 0.15) is 11.4 Å². The molecule has 178 valence electrons. The molecule has 1 amide bonds. The van der Waals surface area contributed by atoms with Gasteiger partial charge in [-0.2, -0.15) is 5.10 Å². The Morgan fingerprint density at radius 3 is 2.44 bits per heavy atom. The van der Waals surface area contributed by atoms with E-state index in [0.29, 0.717) is 17.3 Å². The third-order valence-corrected chi connectivity index (χ3v) is 6.87. The Labute approximate surface area is 200 Å². The van der Waals surface area contributed by atoms with Crippen LogP contribution in [-0.4, -0.2) is 77.5 Å². The molecule has 2 saturated heterocycles. The summed E-state index contributed by atoms with van der Waals surface area (Å²) in [4.78, 5) is 18.2. The highest BCUT2D eigenvalue weighted by Crippen LogP contribution is 2.28. The fourth-order valence-corrected chi connectivity index (χ4v) is 4.99. The highest BCUT2D eigenvalue weighted by molar-refractivity contribution is 6.00. The van der Waals surface area contributed by atoms with Gasteiger partial charge < -0.3 is 14.4 Å². The van der Waals surface area contributed by atoms with Crippen LogP contribution in [0.1, 0.15) is 30.1 Å². The summed E-state index contributed by atoms with van der Waals surface area (Å²) >= 11 is 0. The van der Waals surface area contributed by atoms with Crippen molar-refractivity contribution in [3.05, 3.63) is 66.4 Å². The van der Waals surface area contributed by atoms with Crippen molar-refractivity contribution in [2.24, 2.45) is 0 Å². The predicted octanol–water partition coefficient (Wildman–Crippen LogP) is 3.87. The second kappa shape index (κ2) is 9.99. The molecule has 34 heavy (non-hydrogen) atoms. The third-order valence-electron chi connectivity index (χ3n) is 6.87. The standard InChI is InChI=1S/C27H32N4O3/c1-20-18-30(16-17-34-20)22-12-14-29(15-13-22)27(32)25-19-31(23-6-4-3-5-7-23)28-26(25)21-8-10-24(33-2)11-9-21/h3-11,19-20,22H,12-18H2,1-2H3/t20-/m0/s1. The molecule has 0 bridgehead atoms. The van der Waals surface area contributed by atoms with Gasteiger partial charge >= 0.3 is 0 Å². The molecule has 2 aliphatic heterocycles. The van der Waals surface area contributed by atoms with Gasteiger partial charge in [0.25, 0.3) is 5.91 Å². The first kappa shape index (κ1) is 22.6. The molecule has 1 aromatic heterocycles. The zero-order valence-electron chi connectivity index (χ0n) is 19.9. The molecule has 0 spiro atoms. The van der Waals surface area contributed by atoms with Crippen LogP contribution in [0, 0.1) is 0 Å². The summed E-state index contributed by atoms with van der Waals surface area (Å²) in [6.07, 6.45) is 4.13. The highest BCUT2D eigenvalue weighted by Gasteiger charge is 2.31. The number of methoxy groups -OCH3 is 1. The summed E-state index contributed by atoms with van der Waals surface area (Å²) in [5.41, 5.74) is 3.15. The Bertz CT molecular complexity index is 1100. The fraction of sp³-hybridized carbons (Fsp3) is 0.407. The van der Waals surface area contributed by atoms with Gasteiger partial charge in [-0.25, -0.2) is 4.68 Å². The average Bonchev–Trinajstić information content (AvgIpc) is 3.34. The number of likely N-dealkylation sites (tertiary alicyclic amines) is 1. The molecule has 0 saturated carbocycles. The summed E-state index contributed by atoms with van der Waals surface area (Å²) in [6, 6.07) is 18.2. The van der Waals surface area contributed by atoms with Gasteiger partial charge in [0.2, 0.25) is 0 Å². The van der Waals surface area contributed by atoms with Crippen molar-refractivity contribution in [1.82, 2.24) is 19.6 Å². The van der Waals surface area contributed by atoms with E-state index in [1.54, 1.807) is 11.8 Å². The zero-order valence-corrected chi connectivity index (χ0v) is 19.9. The monoisotopic (exact) mass is 460 g/mol. The second-order valence-corrected chi connectivity index (χ2v) is 9.10. The number of carbonyl (C=O) groups excluding carboxylic acids is 1. The molecular weight excluding hydrogens is 428 g/mol. The maximum Gasteiger partial charge on any atom is 0.257 e. The van der Waals surface area contributed by atoms with Crippen molar-refractivity contribution in [1.29, 1.82) is 0 Å². The minimum atomic E-state index is 0.0433. The number of hydrogen-bond acceptors (Lipinski definition) is 5. The van der Waals surface area contributed by atoms with Crippen LogP contribution in [0.15, 0.2) is 60.8 Å². The van der Waals surface area contributed by atoms with E-state index >= 15 is 0 Å². The van der Waals surface area contributed by atoms with Gasteiger partial charge in [-0.05, 0) is 56.2 Å². The maximum absolute atomic E-state index is 13.7. The SMILES string of the molecule is COc1ccc(-c2nn(-c3ccccc3)cc2C(=O)N2CCC(N3CCO[C@@H](C)C3)CC2)cc1. The number of para-hydroxylation sites is 1. The second-order valence-electron chi connectivity index (χ2n) is 9.10. The lowest BCUT2D eigenvalue weighted by Gasteiger charge is -2.41. The summed E-state index contributed by atoms with van der Waals surface area (Å²) < 4.78 is 12.8. The molecule has 2 aliphatic rings. The van der Waals surface area contributed by atoms with Crippen LogP contribution in [0.4, 0.5) is 0 Å². The Morgan fingerprint density at radius 1 is 1.03 bits per heavy atom. The smallest absolute Gasteiger partial charge is 0.257 e. The van der Waals surface area contributed by atoms with Crippen molar-refractivity contribution in [3.63, 3.8) is 0 Å². The number of morpholine rings is 1. The Balaban J connectivity index is 1.38. The molecule has 1 atom stereocenters. The zero-order chi connectivity index (χ0) is 23.5. The van der Waals surface area contributed by atoms with Gasteiger partial charge in [0.05, 0.1) is 31.1 Å². The van der Waals surface area contributed by atoms with Crippen LogP contribution in [0.3, 0.4) is 0 Å². The Hall–Kier alpha value is -3.16. The molecule has 7 nitrogen and oxygen atoms in total. The van der Waals surface area contributed by atoms with E-state index in [1.165, 1.54) is 0 Å². The van der Waals surface area contributed by atoms with Crippen molar-refractivity contribution in [2.45, 2.75) is 31.9 Å². The highest BCUT2D eigenvalue weighted by atomic mass is 16.5. The molecule has 2 aromatic carbocycles. The molecule has 0 radical (unpaired) electrons. The molecule has 2 fully saturated rings. The number of benzene rings is 2. The topological polar surface area (TPSA) is 59.8 Å². The van der Waals surface area contributed by atoms with Crippen LogP contribution in [-0.2, 0) is 4.74 Å². The lowest BCUT2D eigenvalue weighted by Crippen LogP contribution is -2.51. The number of ether oxygens (including phenoxy) is 2. The van der Waals surface area contributed by atoms with Gasteiger partial charge in [-0.1, -0.05) is 18.2 Å². The van der Waals surface area contributed by atoms with Crippen LogP contribution in [0.5, 0.6) is 5.75 Å². The van der Waals surface area contributed by atoms with E-state index < -0.39 is 0 Å². The van der Waals surface area contributed by atoms with E-state index in [1.807, 2.05) is 65.7 Å². The molecule has 3 aromatic rings. The van der Waals surface area contributed by atoms with Gasteiger partial charge in [-0.15, -0.1) is 0 Å². The van der Waals surface area contributed by atoms with E-state index in [4.69, 9.17) is 14.6 Å². The van der Waals surface area contributed by atoms with E-state index in [9.17, 15) is 4.79 Å². The van der Waals surface area contributed by atoms with E-state index in [0.717, 1.165) is 62.6 Å². The van der Waals surface area contributed by atoms with Crippen LogP contribution >= 0.6 is 0 Å². The number of amides is 1. The van der Waals surface area contributed by atoms with Gasteiger partial charge in [0.15, 0.2) is 0 Å². The molecule has 3 heterocycles. The largest absolute Gasteiger partial charge is 0.497 e. The maximum atomic E-state index is 13.7. The first-order valence-electron chi connectivity index (χ1n) is 12.1. The fourth-order valence-electron chi connectivity index (χ4n) is 4.99. The lowest BCUT2D eigenvalue weighted by molar-refractivity contribution is -0.0423. The minimum absolute atomic E-state index is 0.0433. The average molecular weight is 461 g/mol. The molecule has 5 rings (SSSR count). The molecule has 0 N–H and O–H groups in total. The van der Waals surface area contributed by atoms with Crippen molar-refractivity contribution in [3.8, 4) is 22.7 Å². The third kappa shape index (κ3) is 4.72. The molecule has 0 aliphatic carbocycles. The Kier molecular flexibility index (Phi) is 6.65. The number of aromatic nitrogens is 2. The first-order valence-corrected chi connectivity index (χ1v) is 12.1. The minimum Gasteiger partial charge on any atom is -0.497 e. The quantitative estimate of drug-likeness (QED) is 0.579. The van der Waals surface area contributed by atoms with E-state index in [-0.39, 0.29) is 12.0 Å². The van der Waals surface area contributed by atoms with Gasteiger partial charge in [0, 0.05) is 44.0 Å². The summed E-state index contributed by atoms with van der Waals surface area (Å²) in [5.74, 6) is 0.820. The van der Waals surface area contributed by atoms with E-state index in [2.05, 4.69) is 11.8 Å². The van der Waals surface area contributed by atoms with Crippen molar-refractivity contribution in [2.75, 3.05) is 39.9 Å². The molecule has 0 unspecified atom stereocenters. The predicted molar refractivity (Wildman–Crippen MR) is 131 cm³/mol. The van der Waals surface area contributed by atoms with Gasteiger partial charge in [-0.3, -0.25) is 9.69 Å². The summed E-state index contributed by atoms with van der Waals surface area (Å²) in [6.45, 7) is 6.40. The molecule has 7 heteroatoms. The van der Waals surface area contributed by atoms with Crippen LogP contribution in [0.2, 0.25) is 0 Å². The van der Waals surface area contributed by atoms with Crippen LogP contribution in [0.25, 0.3) is 16.9 Å². The van der Waals surface area contributed by atoms with Crippen molar-refractivity contribution < 1.29 is 14.3 Å². The number of hydrogen-bond donors (Lipinski definition) is 0. The Morgan fingerprint density at radius 2 is 1.76 bits per heavy atom. The number of nitrogens with zero attached hydrogens (tertiary/aromatic N) is 4. The number of carbonyl (C=O) groups is 1. The first-order chi connectivity index (χ1) is 16.6. The summed E-state index contributed by atoms with van der Waals surface area (Å²) in [5, 5.41) is 4.83. The van der Waals surface area contributed by atoms with Crippen molar-refractivity contribution >= 4 is 5.91 Å². The number of rotatable bonds is 5.